The van der Waals surface area contributed by atoms with E-state index in [9.17, 15) is 14.4 Å². The maximum absolute atomic E-state index is 12.5. The Bertz CT molecular complexity index is 978. The molecule has 1 heterocycles. The second-order valence-corrected chi connectivity index (χ2v) is 8.03. The Labute approximate surface area is 189 Å². The molecule has 0 aromatic heterocycles. The molecule has 7 nitrogen and oxygen atoms in total. The zero-order valence-electron chi connectivity index (χ0n) is 17.5. The molecule has 1 fully saturated rings. The molecule has 0 aliphatic carbocycles. The number of aryl methyl sites for hydroxylation is 1. The molecule has 0 bridgehead atoms. The Morgan fingerprint density at radius 3 is 2.71 bits per heavy atom. The standard InChI is InChI=1S/C23H25BrN2O5/c1-3-15-11-17(24)9-10-18(15)25-21(27)14-31-23(29)16-12-22(28)26(13-16)19-7-5-6-8-20(19)30-4-2/h5-11,16H,3-4,12-14H2,1-2H3,(H,25,27)/t16-/m1/s1. The number of nitrogens with zero attached hydrogens (tertiary/aromatic N) is 1. The molecule has 31 heavy (non-hydrogen) atoms. The molecule has 8 heteroatoms. The Balaban J connectivity index is 1.57. The summed E-state index contributed by atoms with van der Waals surface area (Å²) in [6, 6.07) is 12.8. The summed E-state index contributed by atoms with van der Waals surface area (Å²) in [5.41, 5.74) is 2.28. The highest BCUT2D eigenvalue weighted by Gasteiger charge is 2.37. The number of carbonyl (C=O) groups is 3. The van der Waals surface area contributed by atoms with Crippen LogP contribution in [-0.2, 0) is 25.5 Å². The van der Waals surface area contributed by atoms with E-state index >= 15 is 0 Å². The van der Waals surface area contributed by atoms with Crippen molar-refractivity contribution in [1.29, 1.82) is 0 Å². The van der Waals surface area contributed by atoms with E-state index in [1.165, 1.54) is 4.90 Å². The minimum Gasteiger partial charge on any atom is -0.492 e. The molecule has 0 saturated carbocycles. The van der Waals surface area contributed by atoms with Crippen LogP contribution >= 0.6 is 15.9 Å². The van der Waals surface area contributed by atoms with Gasteiger partial charge in [-0.15, -0.1) is 0 Å². The van der Waals surface area contributed by atoms with Gasteiger partial charge in [-0.3, -0.25) is 14.4 Å². The van der Waals surface area contributed by atoms with Crippen LogP contribution in [0.15, 0.2) is 46.9 Å². The molecule has 1 aliphatic heterocycles. The number of halogens is 1. The van der Waals surface area contributed by atoms with Gasteiger partial charge in [-0.05, 0) is 49.2 Å². The molecular weight excluding hydrogens is 464 g/mol. The lowest BCUT2D eigenvalue weighted by Crippen LogP contribution is -2.28. The van der Waals surface area contributed by atoms with Gasteiger partial charge in [0.05, 0.1) is 18.2 Å². The van der Waals surface area contributed by atoms with Gasteiger partial charge < -0.3 is 19.7 Å². The first kappa shape index (κ1) is 22.8. The monoisotopic (exact) mass is 488 g/mol. The number of benzene rings is 2. The molecule has 2 aromatic rings. The SMILES string of the molecule is CCOc1ccccc1N1C[C@H](C(=O)OCC(=O)Nc2ccc(Br)cc2CC)CC1=O. The summed E-state index contributed by atoms with van der Waals surface area (Å²) in [4.78, 5) is 38.8. The van der Waals surface area contributed by atoms with Crippen LogP contribution in [0.4, 0.5) is 11.4 Å². The van der Waals surface area contributed by atoms with Gasteiger partial charge in [0, 0.05) is 23.1 Å². The molecule has 0 spiro atoms. The van der Waals surface area contributed by atoms with E-state index in [0.717, 1.165) is 16.5 Å². The van der Waals surface area contributed by atoms with Crippen LogP contribution in [0, 0.1) is 5.92 Å². The maximum Gasteiger partial charge on any atom is 0.311 e. The van der Waals surface area contributed by atoms with Crippen molar-refractivity contribution >= 4 is 45.1 Å². The van der Waals surface area contributed by atoms with Gasteiger partial charge in [-0.1, -0.05) is 35.0 Å². The number of esters is 1. The number of anilines is 2. The number of para-hydroxylation sites is 2. The molecule has 1 saturated heterocycles. The topological polar surface area (TPSA) is 84.9 Å². The highest BCUT2D eigenvalue weighted by Crippen LogP contribution is 2.33. The van der Waals surface area contributed by atoms with Gasteiger partial charge in [-0.2, -0.15) is 0 Å². The van der Waals surface area contributed by atoms with Gasteiger partial charge in [0.1, 0.15) is 5.75 Å². The van der Waals surface area contributed by atoms with Crippen molar-refractivity contribution in [1.82, 2.24) is 0 Å². The second-order valence-electron chi connectivity index (χ2n) is 7.12. The molecule has 0 radical (unpaired) electrons. The fraction of sp³-hybridized carbons (Fsp3) is 0.348. The number of hydrogen-bond acceptors (Lipinski definition) is 5. The van der Waals surface area contributed by atoms with Crippen molar-refractivity contribution < 1.29 is 23.9 Å². The summed E-state index contributed by atoms with van der Waals surface area (Å²) in [6.45, 7) is 4.11. The lowest BCUT2D eigenvalue weighted by atomic mass is 10.1. The van der Waals surface area contributed by atoms with E-state index < -0.39 is 24.4 Å². The van der Waals surface area contributed by atoms with Crippen molar-refractivity contribution in [3.63, 3.8) is 0 Å². The van der Waals surface area contributed by atoms with Crippen molar-refractivity contribution in [2.75, 3.05) is 30.0 Å². The van der Waals surface area contributed by atoms with Crippen LogP contribution in [0.1, 0.15) is 25.8 Å². The van der Waals surface area contributed by atoms with Crippen LogP contribution in [0.5, 0.6) is 5.75 Å². The zero-order chi connectivity index (χ0) is 22.4. The molecule has 0 unspecified atom stereocenters. The zero-order valence-corrected chi connectivity index (χ0v) is 19.1. The Morgan fingerprint density at radius 1 is 1.19 bits per heavy atom. The Morgan fingerprint density at radius 2 is 1.97 bits per heavy atom. The first-order valence-electron chi connectivity index (χ1n) is 10.2. The highest BCUT2D eigenvalue weighted by atomic mass is 79.9. The first-order valence-corrected chi connectivity index (χ1v) is 11.0. The third-order valence-corrected chi connectivity index (χ3v) is 5.48. The summed E-state index contributed by atoms with van der Waals surface area (Å²) >= 11 is 3.41. The number of hydrogen-bond donors (Lipinski definition) is 1. The summed E-state index contributed by atoms with van der Waals surface area (Å²) in [5.74, 6) is -1.21. The lowest BCUT2D eigenvalue weighted by molar-refractivity contribution is -0.151. The van der Waals surface area contributed by atoms with Crippen molar-refractivity contribution in [3.05, 3.63) is 52.5 Å². The number of amides is 2. The maximum atomic E-state index is 12.5. The van der Waals surface area contributed by atoms with Gasteiger partial charge in [-0.25, -0.2) is 0 Å². The van der Waals surface area contributed by atoms with Crippen molar-refractivity contribution in [2.45, 2.75) is 26.7 Å². The quantitative estimate of drug-likeness (QED) is 0.568. The minimum absolute atomic E-state index is 0.0353. The predicted molar refractivity (Wildman–Crippen MR) is 121 cm³/mol. The summed E-state index contributed by atoms with van der Waals surface area (Å²) in [7, 11) is 0. The van der Waals surface area contributed by atoms with Gasteiger partial charge >= 0.3 is 5.97 Å². The summed E-state index contributed by atoms with van der Waals surface area (Å²) < 4.78 is 11.7. The normalized spacial score (nSPS) is 15.6. The van der Waals surface area contributed by atoms with E-state index in [2.05, 4.69) is 21.2 Å². The first-order chi connectivity index (χ1) is 14.9. The largest absolute Gasteiger partial charge is 0.492 e. The van der Waals surface area contributed by atoms with Crippen LogP contribution in [-0.4, -0.2) is 37.5 Å². The average Bonchev–Trinajstić information content (AvgIpc) is 3.15. The van der Waals surface area contributed by atoms with E-state index in [1.54, 1.807) is 18.2 Å². The van der Waals surface area contributed by atoms with Crippen LogP contribution in [0.2, 0.25) is 0 Å². The third-order valence-electron chi connectivity index (χ3n) is 4.98. The van der Waals surface area contributed by atoms with E-state index in [-0.39, 0.29) is 18.9 Å². The molecule has 1 aliphatic rings. The average molecular weight is 489 g/mol. The molecule has 1 N–H and O–H groups in total. The fourth-order valence-electron chi connectivity index (χ4n) is 3.47. The number of ether oxygens (including phenoxy) is 2. The van der Waals surface area contributed by atoms with Crippen LogP contribution in [0.3, 0.4) is 0 Å². The number of carbonyl (C=O) groups excluding carboxylic acids is 3. The predicted octanol–water partition coefficient (Wildman–Crippen LogP) is 3.95. The third kappa shape index (κ3) is 5.64. The second kappa shape index (κ2) is 10.4. The minimum atomic E-state index is -0.631. The highest BCUT2D eigenvalue weighted by molar-refractivity contribution is 9.10. The van der Waals surface area contributed by atoms with Crippen LogP contribution in [0.25, 0.3) is 0 Å². The molecule has 164 valence electrons. The molecule has 2 aromatic carbocycles. The number of rotatable bonds is 8. The Kier molecular flexibility index (Phi) is 7.68. The van der Waals surface area contributed by atoms with Crippen LogP contribution < -0.4 is 15.0 Å². The fourth-order valence-corrected chi connectivity index (χ4v) is 3.88. The van der Waals surface area contributed by atoms with Crippen molar-refractivity contribution in [2.24, 2.45) is 5.92 Å². The summed E-state index contributed by atoms with van der Waals surface area (Å²) in [6.07, 6.45) is 0.783. The van der Waals surface area contributed by atoms with Crippen molar-refractivity contribution in [3.8, 4) is 5.75 Å². The van der Waals surface area contributed by atoms with Gasteiger partial charge in [0.15, 0.2) is 6.61 Å². The molecule has 3 rings (SSSR count). The van der Waals surface area contributed by atoms with E-state index in [4.69, 9.17) is 9.47 Å². The molecule has 1 atom stereocenters. The smallest absolute Gasteiger partial charge is 0.311 e. The lowest BCUT2D eigenvalue weighted by Gasteiger charge is -2.20. The number of nitrogens with one attached hydrogen (secondary N) is 1. The van der Waals surface area contributed by atoms with E-state index in [0.29, 0.717) is 23.7 Å². The van der Waals surface area contributed by atoms with Gasteiger partial charge in [0.25, 0.3) is 5.91 Å². The summed E-state index contributed by atoms with van der Waals surface area (Å²) in [5, 5.41) is 2.77. The van der Waals surface area contributed by atoms with Gasteiger partial charge in [0.2, 0.25) is 5.91 Å². The van der Waals surface area contributed by atoms with E-state index in [1.807, 2.05) is 38.1 Å². The molecule has 2 amide bonds. The Hall–Kier alpha value is -2.87. The molecular formula is C23H25BrN2O5.